The average molecular weight is 193 g/mol. The highest BCUT2D eigenvalue weighted by Gasteiger charge is 2.35. The van der Waals surface area contributed by atoms with Crippen LogP contribution in [0.25, 0.3) is 0 Å². The number of nitrogens with two attached hydrogens (primary N) is 1. The first-order valence-corrected chi connectivity index (χ1v) is 5.24. The first-order chi connectivity index (χ1) is 6.78. The van der Waals surface area contributed by atoms with E-state index < -0.39 is 0 Å². The molecule has 1 aliphatic carbocycles. The van der Waals surface area contributed by atoms with Gasteiger partial charge in [-0.3, -0.25) is 0 Å². The largest absolute Gasteiger partial charge is 0.330 e. The van der Waals surface area contributed by atoms with Gasteiger partial charge in [-0.15, -0.1) is 0 Å². The maximum atomic E-state index is 13.6. The molecule has 0 bridgehead atoms. The Labute approximate surface area is 84.1 Å². The third kappa shape index (κ3) is 1.44. The second-order valence-electron chi connectivity index (χ2n) is 4.17. The van der Waals surface area contributed by atoms with Crippen LogP contribution in [0.4, 0.5) is 4.39 Å². The molecular formula is C12H16FN. The molecule has 0 aliphatic heterocycles. The molecule has 76 valence electrons. The van der Waals surface area contributed by atoms with Gasteiger partial charge in [0, 0.05) is 12.0 Å². The number of hydrogen-bond donors (Lipinski definition) is 1. The van der Waals surface area contributed by atoms with Crippen LogP contribution in [0.3, 0.4) is 0 Å². The summed E-state index contributed by atoms with van der Waals surface area (Å²) in [5, 5.41) is 0. The van der Waals surface area contributed by atoms with Crippen LogP contribution in [-0.2, 0) is 5.41 Å². The van der Waals surface area contributed by atoms with E-state index in [9.17, 15) is 4.39 Å². The van der Waals surface area contributed by atoms with Crippen LogP contribution in [0.1, 0.15) is 31.2 Å². The molecule has 1 nitrogen and oxygen atoms in total. The molecule has 1 fully saturated rings. The molecule has 0 atom stereocenters. The second-order valence-corrected chi connectivity index (χ2v) is 4.17. The first-order valence-electron chi connectivity index (χ1n) is 5.24. The Kier molecular flexibility index (Phi) is 2.55. The summed E-state index contributed by atoms with van der Waals surface area (Å²) in [6.45, 7) is 0.563. The molecule has 0 aromatic heterocycles. The Morgan fingerprint density at radius 3 is 2.43 bits per heavy atom. The van der Waals surface area contributed by atoms with Gasteiger partial charge in [-0.1, -0.05) is 31.0 Å². The predicted octanol–water partition coefficient (Wildman–Crippen LogP) is 2.60. The third-order valence-electron chi connectivity index (χ3n) is 3.40. The average Bonchev–Trinajstić information content (AvgIpc) is 2.68. The Bertz CT molecular complexity index is 316. The van der Waals surface area contributed by atoms with Crippen LogP contribution in [-0.4, -0.2) is 6.54 Å². The number of halogens is 1. The fourth-order valence-electron chi connectivity index (χ4n) is 2.53. The predicted molar refractivity (Wildman–Crippen MR) is 55.6 cm³/mol. The van der Waals surface area contributed by atoms with E-state index in [0.717, 1.165) is 18.4 Å². The lowest BCUT2D eigenvalue weighted by Gasteiger charge is -2.28. The zero-order chi connectivity index (χ0) is 10.0. The van der Waals surface area contributed by atoms with E-state index in [1.807, 2.05) is 12.1 Å². The fraction of sp³-hybridized carbons (Fsp3) is 0.500. The summed E-state index contributed by atoms with van der Waals surface area (Å²) in [7, 11) is 0. The molecule has 0 heterocycles. The van der Waals surface area contributed by atoms with Crippen LogP contribution in [0.5, 0.6) is 0 Å². The molecule has 1 aliphatic rings. The van der Waals surface area contributed by atoms with Crippen LogP contribution in [0.15, 0.2) is 24.3 Å². The first kappa shape index (κ1) is 9.66. The highest BCUT2D eigenvalue weighted by Crippen LogP contribution is 2.41. The summed E-state index contributed by atoms with van der Waals surface area (Å²) < 4.78 is 13.6. The summed E-state index contributed by atoms with van der Waals surface area (Å²) in [4.78, 5) is 0. The van der Waals surface area contributed by atoms with Crippen molar-refractivity contribution in [3.8, 4) is 0 Å². The number of hydrogen-bond acceptors (Lipinski definition) is 1. The second kappa shape index (κ2) is 3.70. The monoisotopic (exact) mass is 193 g/mol. The van der Waals surface area contributed by atoms with Crippen molar-refractivity contribution in [1.82, 2.24) is 0 Å². The lowest BCUT2D eigenvalue weighted by molar-refractivity contribution is 0.427. The summed E-state index contributed by atoms with van der Waals surface area (Å²) >= 11 is 0. The SMILES string of the molecule is NCC1(c2ccccc2F)CCCC1. The molecule has 14 heavy (non-hydrogen) atoms. The highest BCUT2D eigenvalue weighted by atomic mass is 19.1. The number of benzene rings is 1. The van der Waals surface area contributed by atoms with Crippen molar-refractivity contribution in [2.24, 2.45) is 5.73 Å². The Morgan fingerprint density at radius 2 is 1.86 bits per heavy atom. The summed E-state index contributed by atoms with van der Waals surface area (Å²) in [6, 6.07) is 7.05. The zero-order valence-electron chi connectivity index (χ0n) is 8.30. The van der Waals surface area contributed by atoms with E-state index >= 15 is 0 Å². The van der Waals surface area contributed by atoms with Gasteiger partial charge in [-0.05, 0) is 24.5 Å². The van der Waals surface area contributed by atoms with Crippen molar-refractivity contribution in [1.29, 1.82) is 0 Å². The molecule has 2 heteroatoms. The van der Waals surface area contributed by atoms with Gasteiger partial charge in [0.15, 0.2) is 0 Å². The van der Waals surface area contributed by atoms with Gasteiger partial charge >= 0.3 is 0 Å². The van der Waals surface area contributed by atoms with Gasteiger partial charge in [0.2, 0.25) is 0 Å². The normalized spacial score (nSPS) is 19.9. The molecule has 0 saturated heterocycles. The number of rotatable bonds is 2. The molecular weight excluding hydrogens is 177 g/mol. The Hall–Kier alpha value is -0.890. The molecule has 0 unspecified atom stereocenters. The van der Waals surface area contributed by atoms with Crippen molar-refractivity contribution in [3.63, 3.8) is 0 Å². The van der Waals surface area contributed by atoms with Crippen LogP contribution in [0.2, 0.25) is 0 Å². The van der Waals surface area contributed by atoms with Gasteiger partial charge in [0.05, 0.1) is 0 Å². The minimum atomic E-state index is -0.0974. The standard InChI is InChI=1S/C12H16FN/c13-11-6-2-1-5-10(11)12(9-14)7-3-4-8-12/h1-2,5-6H,3-4,7-9,14H2. The van der Waals surface area contributed by atoms with E-state index in [1.165, 1.54) is 18.9 Å². The minimum Gasteiger partial charge on any atom is -0.330 e. The topological polar surface area (TPSA) is 26.0 Å². The third-order valence-corrected chi connectivity index (χ3v) is 3.40. The van der Waals surface area contributed by atoms with E-state index in [1.54, 1.807) is 6.07 Å². The Balaban J connectivity index is 2.41. The Morgan fingerprint density at radius 1 is 1.21 bits per heavy atom. The van der Waals surface area contributed by atoms with Crippen molar-refractivity contribution in [3.05, 3.63) is 35.6 Å². The smallest absolute Gasteiger partial charge is 0.127 e. The summed E-state index contributed by atoms with van der Waals surface area (Å²) in [5.74, 6) is -0.0974. The summed E-state index contributed by atoms with van der Waals surface area (Å²) in [6.07, 6.45) is 4.41. The van der Waals surface area contributed by atoms with Crippen molar-refractivity contribution in [2.75, 3.05) is 6.54 Å². The van der Waals surface area contributed by atoms with E-state index in [4.69, 9.17) is 5.73 Å². The molecule has 0 radical (unpaired) electrons. The van der Waals surface area contributed by atoms with Gasteiger partial charge in [0.25, 0.3) is 0 Å². The van der Waals surface area contributed by atoms with Crippen molar-refractivity contribution >= 4 is 0 Å². The maximum Gasteiger partial charge on any atom is 0.127 e. The quantitative estimate of drug-likeness (QED) is 0.767. The van der Waals surface area contributed by atoms with Crippen molar-refractivity contribution < 1.29 is 4.39 Å². The molecule has 1 aromatic rings. The van der Waals surface area contributed by atoms with E-state index in [-0.39, 0.29) is 11.2 Å². The lowest BCUT2D eigenvalue weighted by Crippen LogP contribution is -2.32. The van der Waals surface area contributed by atoms with Crippen LogP contribution < -0.4 is 5.73 Å². The highest BCUT2D eigenvalue weighted by molar-refractivity contribution is 5.28. The fourth-order valence-corrected chi connectivity index (χ4v) is 2.53. The molecule has 2 N–H and O–H groups in total. The molecule has 2 rings (SSSR count). The maximum absolute atomic E-state index is 13.6. The molecule has 0 amide bonds. The van der Waals surface area contributed by atoms with Gasteiger partial charge in [-0.25, -0.2) is 4.39 Å². The van der Waals surface area contributed by atoms with Gasteiger partial charge in [-0.2, -0.15) is 0 Å². The molecule has 1 aromatic carbocycles. The molecule has 0 spiro atoms. The van der Waals surface area contributed by atoms with Crippen LogP contribution >= 0.6 is 0 Å². The lowest BCUT2D eigenvalue weighted by atomic mass is 9.79. The zero-order valence-corrected chi connectivity index (χ0v) is 8.30. The molecule has 1 saturated carbocycles. The van der Waals surface area contributed by atoms with Crippen LogP contribution in [0, 0.1) is 5.82 Å². The summed E-state index contributed by atoms with van der Waals surface area (Å²) in [5.41, 5.74) is 6.54. The van der Waals surface area contributed by atoms with Crippen molar-refractivity contribution in [2.45, 2.75) is 31.1 Å². The van der Waals surface area contributed by atoms with Gasteiger partial charge in [0.1, 0.15) is 5.82 Å². The van der Waals surface area contributed by atoms with E-state index in [2.05, 4.69) is 0 Å². The minimum absolute atomic E-state index is 0.0780. The van der Waals surface area contributed by atoms with Gasteiger partial charge < -0.3 is 5.73 Å². The van der Waals surface area contributed by atoms with E-state index in [0.29, 0.717) is 6.54 Å².